The molecular formula is C16H17NO13Sb2. The maximum atomic E-state index is 9.97. The van der Waals surface area contributed by atoms with Gasteiger partial charge in [0.25, 0.3) is 0 Å². The minimum atomic E-state index is -2.80. The van der Waals surface area contributed by atoms with E-state index in [9.17, 15) is 60.0 Å². The third-order valence-corrected chi connectivity index (χ3v) is 2.67. The van der Waals surface area contributed by atoms with Gasteiger partial charge in [-0.15, -0.1) is 0 Å². The zero-order chi connectivity index (χ0) is 24.0. The van der Waals surface area contributed by atoms with Crippen LogP contribution in [0.25, 0.3) is 0 Å². The van der Waals surface area contributed by atoms with Gasteiger partial charge in [0.15, 0.2) is 0 Å². The molecule has 1 rings (SSSR count). The Labute approximate surface area is 219 Å². The van der Waals surface area contributed by atoms with Gasteiger partial charge in [0.05, 0.1) is 6.61 Å². The summed E-state index contributed by atoms with van der Waals surface area (Å²) in [5, 5.41) is 78.0. The van der Waals surface area contributed by atoms with Crippen molar-refractivity contribution < 1.29 is 67.6 Å². The Morgan fingerprint density at radius 2 is 1.00 bits per heavy atom. The maximum Gasteiger partial charge on any atom is 3.00 e. The molecule has 0 amide bonds. The van der Waals surface area contributed by atoms with Gasteiger partial charge >= 0.3 is 51.7 Å². The molecule has 16 heteroatoms. The van der Waals surface area contributed by atoms with E-state index in [-0.39, 0.29) is 51.7 Å². The third kappa shape index (κ3) is 16.8. The molecule has 1 aromatic rings. The molecule has 1 aromatic carbocycles. The first-order chi connectivity index (χ1) is 13.8. The average Bonchev–Trinajstić information content (AvgIpc) is 2.68. The molecule has 4 atom stereocenters. The third-order valence-electron chi connectivity index (χ3n) is 2.67. The van der Waals surface area contributed by atoms with Crippen LogP contribution >= 0.6 is 0 Å². The fraction of sp³-hybridized carbons (Fsp3) is 0.375. The van der Waals surface area contributed by atoms with E-state index in [1.54, 1.807) is 0 Å². The topological polar surface area (TPSA) is 288 Å². The number of benzene rings is 1. The Bertz CT molecular complexity index is 641. The van der Waals surface area contributed by atoms with Crippen LogP contribution in [-0.4, -0.2) is 104 Å². The molecule has 4 unspecified atom stereocenters. The second-order valence-corrected chi connectivity index (χ2v) is 4.96. The SMILES string of the molecule is CCOc1ccc(N)cc1.O=C([O-])C([O-])C([O-])C(=O)[O-].O=C([O-])C([O-])C([O-])C(=O)[O-].[H+].[H+].[Sb+3].[Sb+3]. The molecule has 0 saturated carbocycles. The number of carboxylic acid groups (broad SMARTS) is 4. The van der Waals surface area contributed by atoms with E-state index in [4.69, 9.17) is 10.5 Å². The first kappa shape index (κ1) is 37.5. The Morgan fingerprint density at radius 3 is 1.19 bits per heavy atom. The summed E-state index contributed by atoms with van der Waals surface area (Å²) >= 11 is 0. The van der Waals surface area contributed by atoms with Crippen molar-refractivity contribution >= 4 is 78.4 Å². The molecule has 0 aliphatic rings. The van der Waals surface area contributed by atoms with Crippen molar-refractivity contribution in [2.45, 2.75) is 31.3 Å². The summed E-state index contributed by atoms with van der Waals surface area (Å²) in [6.45, 7) is 2.65. The number of ether oxygens (including phenoxy) is 1. The van der Waals surface area contributed by atoms with Gasteiger partial charge in [-0.25, -0.2) is 0 Å². The maximum absolute atomic E-state index is 9.97. The van der Waals surface area contributed by atoms with Crippen LogP contribution in [0.5, 0.6) is 5.75 Å². The largest absolute Gasteiger partial charge is 3.00 e. The summed E-state index contributed by atoms with van der Waals surface area (Å²) in [5.41, 5.74) is 6.23. The molecule has 0 bridgehead atoms. The molecule has 0 fully saturated rings. The second kappa shape index (κ2) is 19.8. The molecule has 0 saturated heterocycles. The number of carbonyl (C=O) groups excluding carboxylic acids is 4. The van der Waals surface area contributed by atoms with Crippen molar-refractivity contribution in [3.05, 3.63) is 24.3 Å². The molecule has 174 valence electrons. The number of aliphatic carboxylic acids is 4. The Morgan fingerprint density at radius 1 is 0.750 bits per heavy atom. The van der Waals surface area contributed by atoms with Crippen molar-refractivity contribution in [3.63, 3.8) is 0 Å². The van der Waals surface area contributed by atoms with Crippen LogP contribution in [0.15, 0.2) is 24.3 Å². The fourth-order valence-corrected chi connectivity index (χ4v) is 1.23. The van der Waals surface area contributed by atoms with Crippen LogP contribution in [0.1, 0.15) is 9.78 Å². The monoisotopic (exact) mass is 673 g/mol. The number of rotatable bonds is 8. The number of carboxylic acids is 4. The van der Waals surface area contributed by atoms with E-state index in [0.29, 0.717) is 6.61 Å². The Hall–Kier alpha value is -1.82. The summed E-state index contributed by atoms with van der Waals surface area (Å²) in [6, 6.07) is 7.37. The van der Waals surface area contributed by atoms with E-state index < -0.39 is 48.3 Å². The van der Waals surface area contributed by atoms with E-state index >= 15 is 0 Å². The Kier molecular flexibility index (Phi) is 23.2. The number of nitrogens with two attached hydrogens (primary N) is 1. The quantitative estimate of drug-likeness (QED) is 0.198. The zero-order valence-corrected chi connectivity index (χ0v) is 21.2. The molecule has 14 nitrogen and oxygen atoms in total. The van der Waals surface area contributed by atoms with Gasteiger partial charge < -0.3 is 70.5 Å². The van der Waals surface area contributed by atoms with Crippen LogP contribution < -0.4 is 51.3 Å². The number of nitrogen functional groups attached to an aromatic ring is 1. The van der Waals surface area contributed by atoms with Gasteiger partial charge in [-0.05, 0) is 31.2 Å². The molecular weight excluding hydrogens is 658 g/mol. The summed E-state index contributed by atoms with van der Waals surface area (Å²) in [7, 11) is 0. The molecule has 2 N–H and O–H groups in total. The van der Waals surface area contributed by atoms with Crippen LogP contribution in [0.4, 0.5) is 5.69 Å². The zero-order valence-electron chi connectivity index (χ0n) is 18.1. The summed E-state index contributed by atoms with van der Waals surface area (Å²) < 4.78 is 5.21. The number of hydrogen-bond acceptors (Lipinski definition) is 14. The minimum absolute atomic E-state index is 0. The normalized spacial score (nSPS) is 12.8. The first-order valence-electron chi connectivity index (χ1n) is 7.71. The molecule has 0 aliphatic heterocycles. The molecule has 0 aromatic heterocycles. The van der Waals surface area contributed by atoms with E-state index in [2.05, 4.69) is 0 Å². The molecule has 32 heavy (non-hydrogen) atoms. The predicted molar refractivity (Wildman–Crippen MR) is 90.9 cm³/mol. The smallest absolute Gasteiger partial charge is 0.848 e. The fourth-order valence-electron chi connectivity index (χ4n) is 1.23. The van der Waals surface area contributed by atoms with Crippen LogP contribution in [0.3, 0.4) is 0 Å². The van der Waals surface area contributed by atoms with Crippen molar-refractivity contribution in [1.29, 1.82) is 0 Å². The van der Waals surface area contributed by atoms with Crippen LogP contribution in [0.2, 0.25) is 0 Å². The predicted octanol–water partition coefficient (Wildman–Crippen LogP) is -11.0. The average molecular weight is 675 g/mol. The van der Waals surface area contributed by atoms with Crippen molar-refractivity contribution in [3.8, 4) is 5.75 Å². The van der Waals surface area contributed by atoms with E-state index in [0.717, 1.165) is 11.4 Å². The van der Waals surface area contributed by atoms with Gasteiger partial charge in [0, 0.05) is 29.6 Å². The van der Waals surface area contributed by atoms with E-state index in [1.807, 2.05) is 31.2 Å². The van der Waals surface area contributed by atoms with Gasteiger partial charge in [0.2, 0.25) is 0 Å². The molecule has 4 radical (unpaired) electrons. The van der Waals surface area contributed by atoms with Gasteiger partial charge in [-0.3, -0.25) is 0 Å². The number of anilines is 1. The van der Waals surface area contributed by atoms with Crippen molar-refractivity contribution in [2.75, 3.05) is 12.3 Å². The van der Waals surface area contributed by atoms with Gasteiger partial charge in [0.1, 0.15) is 5.75 Å². The van der Waals surface area contributed by atoms with Gasteiger partial charge in [-0.1, -0.05) is 24.4 Å². The molecule has 0 aliphatic carbocycles. The number of hydrogen-bond donors (Lipinski definition) is 1. The van der Waals surface area contributed by atoms with Crippen LogP contribution in [-0.2, 0) is 19.2 Å². The Balaban J connectivity index is -0.0000000817. The standard InChI is InChI=1S/C8H11NO.2C4H4O6.2Sb/c1-2-10-8-5-3-7(9)4-6-8;2*5-1(3(7)8)2(6)4(9)10;;/h3-6H,2,9H2,1H3;2*1-2H,(H,7,8)(H,9,10);;/q;2*-2;2*+3/p-2. The number of carbonyl (C=O) groups is 4. The summed E-state index contributed by atoms with van der Waals surface area (Å²) in [5.74, 6) is -8.06. The first-order valence-corrected chi connectivity index (χ1v) is 7.71. The van der Waals surface area contributed by atoms with E-state index in [1.165, 1.54) is 0 Å². The molecule has 0 heterocycles. The van der Waals surface area contributed by atoms with Crippen molar-refractivity contribution in [1.82, 2.24) is 0 Å². The minimum Gasteiger partial charge on any atom is -0.848 e. The summed E-state index contributed by atoms with van der Waals surface area (Å²) in [6.07, 6.45) is -11.2. The van der Waals surface area contributed by atoms with Crippen molar-refractivity contribution in [2.24, 2.45) is 0 Å². The molecule has 0 spiro atoms. The second-order valence-electron chi connectivity index (χ2n) is 4.96. The summed E-state index contributed by atoms with van der Waals surface area (Å²) in [4.78, 5) is 38.1. The van der Waals surface area contributed by atoms with Crippen LogP contribution in [0, 0.1) is 0 Å². The van der Waals surface area contributed by atoms with Gasteiger partial charge in [-0.2, -0.15) is 0 Å².